The first-order chi connectivity index (χ1) is 9.21. The van der Waals surface area contributed by atoms with Crippen molar-refractivity contribution in [3.05, 3.63) is 22.2 Å². The summed E-state index contributed by atoms with van der Waals surface area (Å²) in [5.41, 5.74) is 6.84. The summed E-state index contributed by atoms with van der Waals surface area (Å²) < 4.78 is 27.2. The Morgan fingerprint density at radius 1 is 1.45 bits per heavy atom. The number of rotatable bonds is 4. The molecule has 1 aliphatic carbocycles. The minimum Gasteiger partial charge on any atom is -0.398 e. The van der Waals surface area contributed by atoms with Crippen LogP contribution >= 0.6 is 15.9 Å². The van der Waals surface area contributed by atoms with E-state index < -0.39 is 10.0 Å². The van der Waals surface area contributed by atoms with Crippen LogP contribution in [-0.2, 0) is 10.0 Å². The fourth-order valence-electron chi connectivity index (χ4n) is 2.43. The molecule has 0 atom stereocenters. The fraction of sp³-hybridized carbons (Fsp3) is 0.538. The number of nitrogens with two attached hydrogens (primary N) is 1. The van der Waals surface area contributed by atoms with Gasteiger partial charge in [-0.2, -0.15) is 0 Å². The molecule has 3 N–H and O–H groups in total. The SMILES string of the molecule is Cc1cc(Br)c(N)cc1S(=O)(=O)N(C)CC1CC(O)C1. The zero-order chi connectivity index (χ0) is 15.1. The highest BCUT2D eigenvalue weighted by Crippen LogP contribution is 2.31. The summed E-state index contributed by atoms with van der Waals surface area (Å²) in [7, 11) is -1.98. The van der Waals surface area contributed by atoms with Gasteiger partial charge in [-0.15, -0.1) is 0 Å². The number of hydrogen-bond donors (Lipinski definition) is 2. The zero-order valence-corrected chi connectivity index (χ0v) is 13.9. The van der Waals surface area contributed by atoms with Crippen molar-refractivity contribution in [1.82, 2.24) is 4.31 Å². The standard InChI is InChI=1S/C13H19BrN2O3S/c1-8-3-11(14)12(15)6-13(8)20(18,19)16(2)7-9-4-10(17)5-9/h3,6,9-10,17H,4-5,7,15H2,1-2H3. The lowest BCUT2D eigenvalue weighted by Gasteiger charge is -2.34. The number of nitrogen functional groups attached to an aromatic ring is 1. The van der Waals surface area contributed by atoms with Crippen LogP contribution < -0.4 is 5.73 Å². The number of anilines is 1. The van der Waals surface area contributed by atoms with E-state index in [0.29, 0.717) is 35.1 Å². The minimum absolute atomic E-state index is 0.234. The van der Waals surface area contributed by atoms with E-state index in [2.05, 4.69) is 15.9 Å². The molecule has 7 heteroatoms. The third-order valence-electron chi connectivity index (χ3n) is 3.71. The van der Waals surface area contributed by atoms with Crippen LogP contribution in [0, 0.1) is 12.8 Å². The summed E-state index contributed by atoms with van der Waals surface area (Å²) in [6, 6.07) is 3.20. The lowest BCUT2D eigenvalue weighted by atomic mass is 9.82. The number of nitrogens with zero attached hydrogens (tertiary/aromatic N) is 1. The Balaban J connectivity index is 2.23. The van der Waals surface area contributed by atoms with Gasteiger partial charge in [-0.25, -0.2) is 12.7 Å². The van der Waals surface area contributed by atoms with Crippen LogP contribution in [0.4, 0.5) is 5.69 Å². The van der Waals surface area contributed by atoms with Crippen LogP contribution in [-0.4, -0.2) is 37.5 Å². The van der Waals surface area contributed by atoms with Crippen molar-refractivity contribution in [1.29, 1.82) is 0 Å². The Bertz CT molecular complexity index is 612. The molecule has 1 fully saturated rings. The zero-order valence-electron chi connectivity index (χ0n) is 11.5. The van der Waals surface area contributed by atoms with Gasteiger partial charge in [-0.1, -0.05) is 0 Å². The second-order valence-electron chi connectivity index (χ2n) is 5.42. The lowest BCUT2D eigenvalue weighted by molar-refractivity contribution is 0.0367. The Hall–Kier alpha value is -0.630. The highest BCUT2D eigenvalue weighted by molar-refractivity contribution is 9.10. The molecule has 20 heavy (non-hydrogen) atoms. The number of aliphatic hydroxyl groups excluding tert-OH is 1. The van der Waals surface area contributed by atoms with Gasteiger partial charge in [0.25, 0.3) is 0 Å². The molecule has 0 unspecified atom stereocenters. The van der Waals surface area contributed by atoms with Crippen molar-refractivity contribution in [2.75, 3.05) is 19.3 Å². The van der Waals surface area contributed by atoms with Crippen LogP contribution in [0.15, 0.2) is 21.5 Å². The molecule has 0 amide bonds. The highest BCUT2D eigenvalue weighted by atomic mass is 79.9. The lowest BCUT2D eigenvalue weighted by Crippen LogP contribution is -2.39. The Morgan fingerprint density at radius 2 is 2.05 bits per heavy atom. The van der Waals surface area contributed by atoms with Crippen LogP contribution in [0.3, 0.4) is 0 Å². The minimum atomic E-state index is -3.55. The van der Waals surface area contributed by atoms with Gasteiger partial charge in [0.05, 0.1) is 11.0 Å². The van der Waals surface area contributed by atoms with Crippen molar-refractivity contribution in [2.45, 2.75) is 30.8 Å². The third kappa shape index (κ3) is 3.00. The van der Waals surface area contributed by atoms with Gasteiger partial charge in [0.15, 0.2) is 0 Å². The second-order valence-corrected chi connectivity index (χ2v) is 8.28. The Morgan fingerprint density at radius 3 is 2.60 bits per heavy atom. The van der Waals surface area contributed by atoms with Crippen molar-refractivity contribution in [2.24, 2.45) is 5.92 Å². The predicted octanol–water partition coefficient (Wildman–Crippen LogP) is 1.73. The van der Waals surface area contributed by atoms with E-state index >= 15 is 0 Å². The van der Waals surface area contributed by atoms with Crippen molar-refractivity contribution < 1.29 is 13.5 Å². The average Bonchev–Trinajstić information content (AvgIpc) is 2.31. The maximum absolute atomic E-state index is 12.6. The van der Waals surface area contributed by atoms with Gasteiger partial charge in [-0.05, 0) is 59.3 Å². The molecule has 1 aromatic carbocycles. The predicted molar refractivity (Wildman–Crippen MR) is 81.8 cm³/mol. The average molecular weight is 363 g/mol. The molecule has 1 aliphatic rings. The summed E-state index contributed by atoms with van der Waals surface area (Å²) in [6.45, 7) is 2.17. The largest absolute Gasteiger partial charge is 0.398 e. The molecule has 0 spiro atoms. The first-order valence-corrected chi connectivity index (χ1v) is 8.65. The third-order valence-corrected chi connectivity index (χ3v) is 6.36. The number of hydrogen-bond acceptors (Lipinski definition) is 4. The molecule has 1 saturated carbocycles. The number of sulfonamides is 1. The Kier molecular flexibility index (Phi) is 4.44. The fourth-order valence-corrected chi connectivity index (χ4v) is 4.37. The van der Waals surface area contributed by atoms with E-state index in [4.69, 9.17) is 5.73 Å². The summed E-state index contributed by atoms with van der Waals surface area (Å²) in [6.07, 6.45) is 1.06. The summed E-state index contributed by atoms with van der Waals surface area (Å²) in [5, 5.41) is 9.27. The van der Waals surface area contributed by atoms with Crippen LogP contribution in [0.25, 0.3) is 0 Å². The molecule has 0 aliphatic heterocycles. The summed E-state index contributed by atoms with van der Waals surface area (Å²) in [4.78, 5) is 0.237. The monoisotopic (exact) mass is 362 g/mol. The molecular formula is C13H19BrN2O3S. The normalized spacial score (nSPS) is 22.9. The molecule has 2 rings (SSSR count). The molecule has 5 nitrogen and oxygen atoms in total. The molecule has 0 heterocycles. The highest BCUT2D eigenvalue weighted by Gasteiger charge is 2.32. The smallest absolute Gasteiger partial charge is 0.243 e. The number of aliphatic hydroxyl groups is 1. The van der Waals surface area contributed by atoms with E-state index in [1.54, 1.807) is 20.0 Å². The first-order valence-electron chi connectivity index (χ1n) is 6.42. The van der Waals surface area contributed by atoms with E-state index in [0.717, 1.165) is 0 Å². The molecule has 0 aromatic heterocycles. The van der Waals surface area contributed by atoms with E-state index in [9.17, 15) is 13.5 Å². The van der Waals surface area contributed by atoms with E-state index in [1.165, 1.54) is 10.4 Å². The van der Waals surface area contributed by atoms with Crippen molar-refractivity contribution >= 4 is 31.6 Å². The van der Waals surface area contributed by atoms with E-state index in [-0.39, 0.29) is 16.9 Å². The van der Waals surface area contributed by atoms with Gasteiger partial charge in [0, 0.05) is 23.8 Å². The summed E-state index contributed by atoms with van der Waals surface area (Å²) >= 11 is 3.29. The molecule has 0 radical (unpaired) electrons. The topological polar surface area (TPSA) is 83.6 Å². The van der Waals surface area contributed by atoms with Crippen molar-refractivity contribution in [3.63, 3.8) is 0 Å². The number of aryl methyl sites for hydroxylation is 1. The van der Waals surface area contributed by atoms with Gasteiger partial charge < -0.3 is 10.8 Å². The number of halogens is 1. The Labute approximate surface area is 128 Å². The maximum atomic E-state index is 12.6. The van der Waals surface area contributed by atoms with Gasteiger partial charge in [0.2, 0.25) is 10.0 Å². The van der Waals surface area contributed by atoms with Gasteiger partial charge in [0.1, 0.15) is 0 Å². The first kappa shape index (κ1) is 15.8. The van der Waals surface area contributed by atoms with Gasteiger partial charge in [-0.3, -0.25) is 0 Å². The molecule has 1 aromatic rings. The molecular weight excluding hydrogens is 344 g/mol. The van der Waals surface area contributed by atoms with Crippen LogP contribution in [0.5, 0.6) is 0 Å². The molecule has 112 valence electrons. The van der Waals surface area contributed by atoms with Crippen LogP contribution in [0.1, 0.15) is 18.4 Å². The van der Waals surface area contributed by atoms with Gasteiger partial charge >= 0.3 is 0 Å². The summed E-state index contributed by atoms with van der Waals surface area (Å²) in [5.74, 6) is 0.234. The molecule has 0 bridgehead atoms. The molecule has 0 saturated heterocycles. The number of benzene rings is 1. The maximum Gasteiger partial charge on any atom is 0.243 e. The quantitative estimate of drug-likeness (QED) is 0.798. The van der Waals surface area contributed by atoms with Crippen molar-refractivity contribution in [3.8, 4) is 0 Å². The van der Waals surface area contributed by atoms with Crippen LogP contribution in [0.2, 0.25) is 0 Å². The second kappa shape index (κ2) is 5.63. The van der Waals surface area contributed by atoms with E-state index in [1.807, 2.05) is 0 Å².